The first-order valence-corrected chi connectivity index (χ1v) is 15.0. The van der Waals surface area contributed by atoms with Crippen LogP contribution in [0.1, 0.15) is 43.7 Å². The second kappa shape index (κ2) is 10.6. The highest BCUT2D eigenvalue weighted by Crippen LogP contribution is 2.39. The lowest BCUT2D eigenvalue weighted by molar-refractivity contribution is 0.102. The number of aromatic nitrogens is 3. The van der Waals surface area contributed by atoms with E-state index in [4.69, 9.17) is 9.47 Å². The second-order valence-corrected chi connectivity index (χ2v) is 13.3. The number of hydrogen-bond acceptors (Lipinski definition) is 8. The van der Waals surface area contributed by atoms with Gasteiger partial charge in [0.15, 0.2) is 11.5 Å². The fourth-order valence-electron chi connectivity index (χ4n) is 4.33. The van der Waals surface area contributed by atoms with Crippen LogP contribution in [0.25, 0.3) is 15.3 Å². The predicted octanol–water partition coefficient (Wildman–Crippen LogP) is 5.07. The van der Waals surface area contributed by atoms with Crippen LogP contribution in [0.4, 0.5) is 5.82 Å². The van der Waals surface area contributed by atoms with Crippen molar-refractivity contribution in [1.29, 1.82) is 0 Å². The molecule has 0 fully saturated rings. The highest BCUT2D eigenvalue weighted by molar-refractivity contribution is 7.89. The van der Waals surface area contributed by atoms with Crippen molar-refractivity contribution in [2.45, 2.75) is 39.5 Å². The zero-order valence-corrected chi connectivity index (χ0v) is 24.1. The zero-order chi connectivity index (χ0) is 27.9. The molecule has 0 spiro atoms. The molecule has 0 saturated carbocycles. The maximum absolute atomic E-state index is 13.3. The largest absolute Gasteiger partial charge is 0.454 e. The van der Waals surface area contributed by atoms with Crippen molar-refractivity contribution in [1.82, 2.24) is 19.1 Å². The third-order valence-corrected chi connectivity index (χ3v) is 8.86. The molecule has 5 rings (SSSR count). The molecule has 12 heteroatoms. The van der Waals surface area contributed by atoms with Crippen molar-refractivity contribution in [2.24, 2.45) is 11.8 Å². The first-order valence-electron chi connectivity index (χ1n) is 12.7. The molecule has 206 valence electrons. The van der Waals surface area contributed by atoms with Crippen LogP contribution in [0.5, 0.6) is 11.5 Å². The molecule has 39 heavy (non-hydrogen) atoms. The van der Waals surface area contributed by atoms with E-state index in [2.05, 4.69) is 15.4 Å². The second-order valence-electron chi connectivity index (χ2n) is 10.3. The van der Waals surface area contributed by atoms with Crippen LogP contribution >= 0.6 is 11.3 Å². The van der Waals surface area contributed by atoms with Gasteiger partial charge >= 0.3 is 0 Å². The Morgan fingerprint density at radius 3 is 2.33 bits per heavy atom. The highest BCUT2D eigenvalue weighted by atomic mass is 32.2. The third-order valence-electron chi connectivity index (χ3n) is 6.02. The molecule has 4 aromatic rings. The molecular formula is C27H31N5O5S2. The summed E-state index contributed by atoms with van der Waals surface area (Å²) >= 11 is 1.41. The van der Waals surface area contributed by atoms with E-state index in [-0.39, 0.29) is 29.4 Å². The highest BCUT2D eigenvalue weighted by Gasteiger charge is 2.26. The molecule has 1 N–H and O–H groups in total. The number of carbonyl (C=O) groups is 1. The topological polar surface area (TPSA) is 116 Å². The molecule has 3 heterocycles. The van der Waals surface area contributed by atoms with Crippen molar-refractivity contribution in [3.05, 3.63) is 53.7 Å². The van der Waals surface area contributed by atoms with Gasteiger partial charge in [0.05, 0.1) is 20.8 Å². The molecule has 0 bridgehead atoms. The minimum Gasteiger partial charge on any atom is -0.454 e. The molecule has 0 unspecified atom stereocenters. The molecule has 2 aromatic heterocycles. The standard InChI is InChI=1S/C27H31N5O5S2/c1-16(2)13-31(14-17(3)4)39(34,35)20-8-6-19(7-9-20)26(33)29-25-10-18(5)30-32(25)27-28-21-11-22-23(37-15-36-22)12-24(21)38-27/h6-12,16-17H,13-15H2,1-5H3,(H,29,33). The maximum Gasteiger partial charge on any atom is 0.256 e. The first kappa shape index (κ1) is 27.1. The van der Waals surface area contributed by atoms with E-state index in [9.17, 15) is 13.2 Å². The zero-order valence-electron chi connectivity index (χ0n) is 22.5. The Labute approximate surface area is 231 Å². The number of hydrogen-bond donors (Lipinski definition) is 1. The Morgan fingerprint density at radius 1 is 1.05 bits per heavy atom. The average molecular weight is 570 g/mol. The van der Waals surface area contributed by atoms with Gasteiger partial charge < -0.3 is 14.8 Å². The van der Waals surface area contributed by atoms with Gasteiger partial charge in [-0.2, -0.15) is 14.1 Å². The van der Waals surface area contributed by atoms with E-state index in [1.807, 2.05) is 46.8 Å². The normalized spacial score (nSPS) is 13.2. The molecule has 2 aromatic carbocycles. The van der Waals surface area contributed by atoms with Crippen molar-refractivity contribution in [3.8, 4) is 16.6 Å². The Kier molecular flexibility index (Phi) is 7.36. The summed E-state index contributed by atoms with van der Waals surface area (Å²) in [4.78, 5) is 18.0. The van der Waals surface area contributed by atoms with Gasteiger partial charge in [-0.15, -0.1) is 0 Å². The summed E-state index contributed by atoms with van der Waals surface area (Å²) < 4.78 is 41.5. The smallest absolute Gasteiger partial charge is 0.256 e. The molecule has 0 atom stereocenters. The summed E-state index contributed by atoms with van der Waals surface area (Å²) in [6, 6.07) is 11.5. The number of aryl methyl sites for hydroxylation is 1. The predicted molar refractivity (Wildman–Crippen MR) is 150 cm³/mol. The molecule has 1 amide bonds. The van der Waals surface area contributed by atoms with E-state index in [1.54, 1.807) is 10.7 Å². The lowest BCUT2D eigenvalue weighted by atomic mass is 10.2. The Bertz CT molecular complexity index is 1570. The van der Waals surface area contributed by atoms with Gasteiger partial charge in [-0.1, -0.05) is 39.0 Å². The van der Waals surface area contributed by atoms with Gasteiger partial charge in [-0.25, -0.2) is 13.4 Å². The number of thiazole rings is 1. The van der Waals surface area contributed by atoms with Crippen molar-refractivity contribution < 1.29 is 22.7 Å². The van der Waals surface area contributed by atoms with Crippen LogP contribution < -0.4 is 14.8 Å². The average Bonchev–Trinajstić information content (AvgIpc) is 3.59. The summed E-state index contributed by atoms with van der Waals surface area (Å²) in [6.45, 7) is 10.8. The number of sulfonamides is 1. The van der Waals surface area contributed by atoms with Crippen LogP contribution in [0.15, 0.2) is 47.4 Å². The number of nitrogens with one attached hydrogen (secondary N) is 1. The van der Waals surface area contributed by atoms with E-state index >= 15 is 0 Å². The minimum absolute atomic E-state index is 0.163. The van der Waals surface area contributed by atoms with Gasteiger partial charge in [-0.05, 0) is 43.0 Å². The Hall–Kier alpha value is -3.48. The van der Waals surface area contributed by atoms with E-state index in [0.717, 1.165) is 10.2 Å². The monoisotopic (exact) mass is 569 g/mol. The number of amides is 1. The van der Waals surface area contributed by atoms with Gasteiger partial charge in [0, 0.05) is 36.9 Å². The molecule has 10 nitrogen and oxygen atoms in total. The van der Waals surface area contributed by atoms with Gasteiger partial charge in [-0.3, -0.25) is 4.79 Å². The Morgan fingerprint density at radius 2 is 1.69 bits per heavy atom. The number of rotatable bonds is 9. The summed E-state index contributed by atoms with van der Waals surface area (Å²) in [5.74, 6) is 1.76. The third kappa shape index (κ3) is 5.63. The summed E-state index contributed by atoms with van der Waals surface area (Å²) in [5.41, 5.74) is 1.77. The van der Waals surface area contributed by atoms with E-state index < -0.39 is 10.0 Å². The minimum atomic E-state index is -3.69. The quantitative estimate of drug-likeness (QED) is 0.299. The van der Waals surface area contributed by atoms with Crippen molar-refractivity contribution >= 4 is 43.3 Å². The fourth-order valence-corrected chi connectivity index (χ4v) is 7.04. The first-order chi connectivity index (χ1) is 18.5. The van der Waals surface area contributed by atoms with Gasteiger partial charge in [0.25, 0.3) is 5.91 Å². The summed E-state index contributed by atoms with van der Waals surface area (Å²) in [5, 5.41) is 7.98. The molecule has 0 aliphatic carbocycles. The lowest BCUT2D eigenvalue weighted by Crippen LogP contribution is -2.37. The van der Waals surface area contributed by atoms with Gasteiger partial charge in [0.2, 0.25) is 21.9 Å². The number of benzene rings is 2. The number of anilines is 1. The Balaban J connectivity index is 1.37. The maximum atomic E-state index is 13.3. The number of nitrogens with zero attached hydrogens (tertiary/aromatic N) is 4. The molecule has 1 aliphatic heterocycles. The number of fused-ring (bicyclic) bond motifs is 2. The van der Waals surface area contributed by atoms with E-state index in [1.165, 1.54) is 39.9 Å². The molecule has 0 saturated heterocycles. The van der Waals surface area contributed by atoms with Crippen LogP contribution in [-0.2, 0) is 10.0 Å². The van der Waals surface area contributed by atoms with Crippen LogP contribution in [0.3, 0.4) is 0 Å². The van der Waals surface area contributed by atoms with Crippen molar-refractivity contribution in [2.75, 3.05) is 25.2 Å². The van der Waals surface area contributed by atoms with Gasteiger partial charge in [0.1, 0.15) is 5.82 Å². The summed E-state index contributed by atoms with van der Waals surface area (Å²) in [6.07, 6.45) is 0. The fraction of sp³-hybridized carbons (Fsp3) is 0.370. The van der Waals surface area contributed by atoms with Crippen LogP contribution in [0.2, 0.25) is 0 Å². The molecule has 0 radical (unpaired) electrons. The number of ether oxygens (including phenoxy) is 2. The SMILES string of the molecule is Cc1cc(NC(=O)c2ccc(S(=O)(=O)N(CC(C)C)CC(C)C)cc2)n(-c2nc3cc4c(cc3s2)OCO4)n1. The molecular weight excluding hydrogens is 538 g/mol. The number of carbonyl (C=O) groups excluding carboxylic acids is 1. The molecule has 1 aliphatic rings. The van der Waals surface area contributed by atoms with Crippen molar-refractivity contribution in [3.63, 3.8) is 0 Å². The van der Waals surface area contributed by atoms with E-state index in [0.29, 0.717) is 46.8 Å². The summed E-state index contributed by atoms with van der Waals surface area (Å²) in [7, 11) is -3.69. The lowest BCUT2D eigenvalue weighted by Gasteiger charge is -2.25. The van der Waals surface area contributed by atoms with Crippen LogP contribution in [-0.4, -0.2) is 53.3 Å². The van der Waals surface area contributed by atoms with Crippen LogP contribution in [0, 0.1) is 18.8 Å².